The number of amides is 3. The number of aryl methyl sites for hydroxylation is 1. The van der Waals surface area contributed by atoms with Crippen LogP contribution in [0.3, 0.4) is 0 Å². The van der Waals surface area contributed by atoms with Gasteiger partial charge in [-0.2, -0.15) is 0 Å². The van der Waals surface area contributed by atoms with Crippen LogP contribution in [-0.4, -0.2) is 35.6 Å². The summed E-state index contributed by atoms with van der Waals surface area (Å²) in [6.45, 7) is 1.93. The molecule has 0 radical (unpaired) electrons. The summed E-state index contributed by atoms with van der Waals surface area (Å²) in [5.74, 6) is -0.252. The van der Waals surface area contributed by atoms with E-state index in [1.807, 2.05) is 37.3 Å². The maximum Gasteiger partial charge on any atom is 0.294 e. The SMILES string of the molecule is COc1cc(/C=C2\SC(=O)N(CC(=O)Nc3ccccc3)C2=O)cc(Cl)c1OCc1ccc(C)cc1. The van der Waals surface area contributed by atoms with E-state index in [2.05, 4.69) is 5.32 Å². The molecule has 3 amide bonds. The van der Waals surface area contributed by atoms with Crippen molar-refractivity contribution in [3.63, 3.8) is 0 Å². The Balaban J connectivity index is 1.47. The number of halogens is 1. The van der Waals surface area contributed by atoms with Gasteiger partial charge in [0.1, 0.15) is 13.2 Å². The van der Waals surface area contributed by atoms with Crippen LogP contribution in [0, 0.1) is 6.92 Å². The molecule has 1 fully saturated rings. The van der Waals surface area contributed by atoms with Gasteiger partial charge >= 0.3 is 0 Å². The van der Waals surface area contributed by atoms with E-state index in [1.54, 1.807) is 36.4 Å². The highest BCUT2D eigenvalue weighted by Crippen LogP contribution is 2.39. The maximum atomic E-state index is 12.8. The zero-order chi connectivity index (χ0) is 25.7. The van der Waals surface area contributed by atoms with Crippen molar-refractivity contribution in [3.05, 3.63) is 93.3 Å². The smallest absolute Gasteiger partial charge is 0.294 e. The Morgan fingerprint density at radius 1 is 1.08 bits per heavy atom. The molecule has 3 aromatic rings. The van der Waals surface area contributed by atoms with Crippen molar-refractivity contribution in [2.75, 3.05) is 19.0 Å². The summed E-state index contributed by atoms with van der Waals surface area (Å²) in [4.78, 5) is 38.7. The van der Waals surface area contributed by atoms with Crippen LogP contribution in [0.25, 0.3) is 6.08 Å². The van der Waals surface area contributed by atoms with Crippen LogP contribution in [0.2, 0.25) is 5.02 Å². The Morgan fingerprint density at radius 2 is 1.81 bits per heavy atom. The number of methoxy groups -OCH3 is 1. The Bertz CT molecular complexity index is 1330. The maximum absolute atomic E-state index is 12.8. The minimum atomic E-state index is -0.553. The molecule has 0 saturated carbocycles. The quantitative estimate of drug-likeness (QED) is 0.370. The number of nitrogens with zero attached hydrogens (tertiary/aromatic N) is 1. The Labute approximate surface area is 218 Å². The minimum Gasteiger partial charge on any atom is -0.493 e. The van der Waals surface area contributed by atoms with Gasteiger partial charge < -0.3 is 14.8 Å². The molecule has 0 aliphatic carbocycles. The van der Waals surface area contributed by atoms with Gasteiger partial charge in [0, 0.05) is 5.69 Å². The molecular weight excluding hydrogens is 500 g/mol. The predicted octanol–water partition coefficient (Wildman–Crippen LogP) is 5.91. The van der Waals surface area contributed by atoms with Gasteiger partial charge in [0.15, 0.2) is 11.5 Å². The lowest BCUT2D eigenvalue weighted by Crippen LogP contribution is -2.36. The molecule has 0 bridgehead atoms. The van der Waals surface area contributed by atoms with E-state index in [1.165, 1.54) is 13.2 Å². The molecule has 1 saturated heterocycles. The number of hydrogen-bond acceptors (Lipinski definition) is 6. The van der Waals surface area contributed by atoms with Crippen LogP contribution in [0.4, 0.5) is 10.5 Å². The number of thioether (sulfide) groups is 1. The van der Waals surface area contributed by atoms with E-state index in [0.717, 1.165) is 27.8 Å². The molecule has 0 spiro atoms. The second-order valence-electron chi connectivity index (χ2n) is 7.99. The molecule has 1 aliphatic heterocycles. The fraction of sp³-hybridized carbons (Fsp3) is 0.148. The van der Waals surface area contributed by atoms with Gasteiger partial charge in [-0.25, -0.2) is 0 Å². The van der Waals surface area contributed by atoms with Crippen LogP contribution < -0.4 is 14.8 Å². The van der Waals surface area contributed by atoms with E-state index in [9.17, 15) is 14.4 Å². The number of para-hydroxylation sites is 1. The lowest BCUT2D eigenvalue weighted by Gasteiger charge is -2.14. The standard InChI is InChI=1S/C27H23ClN2O5S/c1-17-8-10-18(11-9-17)16-35-25-21(28)12-19(13-22(25)34-2)14-23-26(32)30(27(33)36-23)15-24(31)29-20-6-4-3-5-7-20/h3-14H,15-16H2,1-2H3,(H,29,31)/b23-14-. The van der Waals surface area contributed by atoms with Gasteiger partial charge in [-0.3, -0.25) is 19.3 Å². The third-order valence-electron chi connectivity index (χ3n) is 5.29. The molecule has 0 unspecified atom stereocenters. The van der Waals surface area contributed by atoms with E-state index < -0.39 is 17.1 Å². The zero-order valence-corrected chi connectivity index (χ0v) is 21.2. The molecule has 0 atom stereocenters. The van der Waals surface area contributed by atoms with E-state index in [-0.39, 0.29) is 11.4 Å². The fourth-order valence-electron chi connectivity index (χ4n) is 3.46. The highest BCUT2D eigenvalue weighted by molar-refractivity contribution is 8.18. The first-order valence-corrected chi connectivity index (χ1v) is 12.2. The predicted molar refractivity (Wildman–Crippen MR) is 141 cm³/mol. The number of carbonyl (C=O) groups is 3. The largest absolute Gasteiger partial charge is 0.493 e. The molecular formula is C27H23ClN2O5S. The Hall–Kier alpha value is -3.75. The monoisotopic (exact) mass is 522 g/mol. The van der Waals surface area contributed by atoms with Crippen molar-refractivity contribution in [2.24, 2.45) is 0 Å². The highest BCUT2D eigenvalue weighted by Gasteiger charge is 2.36. The van der Waals surface area contributed by atoms with Crippen LogP contribution in [0.5, 0.6) is 11.5 Å². The van der Waals surface area contributed by atoms with Gasteiger partial charge in [0.2, 0.25) is 5.91 Å². The first kappa shape index (κ1) is 25.3. The lowest BCUT2D eigenvalue weighted by molar-refractivity contribution is -0.127. The summed E-state index contributed by atoms with van der Waals surface area (Å²) in [6, 6.07) is 20.1. The summed E-state index contributed by atoms with van der Waals surface area (Å²) in [6.07, 6.45) is 1.54. The van der Waals surface area contributed by atoms with Crippen LogP contribution in [-0.2, 0) is 16.2 Å². The average molecular weight is 523 g/mol. The number of carbonyl (C=O) groups excluding carboxylic acids is 3. The molecule has 3 aromatic carbocycles. The molecule has 4 rings (SSSR count). The summed E-state index contributed by atoms with van der Waals surface area (Å²) >= 11 is 7.23. The molecule has 0 aromatic heterocycles. The van der Waals surface area contributed by atoms with Crippen LogP contribution in [0.1, 0.15) is 16.7 Å². The highest BCUT2D eigenvalue weighted by atomic mass is 35.5. The van der Waals surface area contributed by atoms with Crippen molar-refractivity contribution in [1.29, 1.82) is 0 Å². The van der Waals surface area contributed by atoms with E-state index >= 15 is 0 Å². The topological polar surface area (TPSA) is 84.9 Å². The number of imide groups is 1. The Morgan fingerprint density at radius 3 is 2.50 bits per heavy atom. The third-order valence-corrected chi connectivity index (χ3v) is 6.47. The fourth-order valence-corrected chi connectivity index (χ4v) is 4.57. The lowest BCUT2D eigenvalue weighted by atomic mass is 10.1. The first-order chi connectivity index (χ1) is 17.3. The second-order valence-corrected chi connectivity index (χ2v) is 9.39. The molecule has 36 heavy (non-hydrogen) atoms. The molecule has 9 heteroatoms. The average Bonchev–Trinajstić information content (AvgIpc) is 3.12. The molecule has 1 N–H and O–H groups in total. The van der Waals surface area contributed by atoms with Gasteiger partial charge in [0.25, 0.3) is 11.1 Å². The van der Waals surface area contributed by atoms with Gasteiger partial charge in [-0.1, -0.05) is 59.6 Å². The number of anilines is 1. The summed E-state index contributed by atoms with van der Waals surface area (Å²) < 4.78 is 11.4. The molecule has 184 valence electrons. The van der Waals surface area contributed by atoms with Crippen molar-refractivity contribution < 1.29 is 23.9 Å². The van der Waals surface area contributed by atoms with Crippen molar-refractivity contribution in [3.8, 4) is 11.5 Å². The number of ether oxygens (including phenoxy) is 2. The summed E-state index contributed by atoms with van der Waals surface area (Å²) in [7, 11) is 1.49. The van der Waals surface area contributed by atoms with Crippen LogP contribution in [0.15, 0.2) is 71.6 Å². The van der Waals surface area contributed by atoms with Crippen molar-refractivity contribution in [2.45, 2.75) is 13.5 Å². The minimum absolute atomic E-state index is 0.180. The number of hydrogen-bond donors (Lipinski definition) is 1. The number of nitrogens with one attached hydrogen (secondary N) is 1. The zero-order valence-electron chi connectivity index (χ0n) is 19.6. The molecule has 1 aliphatic rings. The van der Waals surface area contributed by atoms with E-state index in [4.69, 9.17) is 21.1 Å². The normalized spacial score (nSPS) is 14.3. The third kappa shape index (κ3) is 6.08. The van der Waals surface area contributed by atoms with Gasteiger partial charge in [0.05, 0.1) is 17.0 Å². The summed E-state index contributed by atoms with van der Waals surface area (Å²) in [5, 5.41) is 2.45. The molecule has 1 heterocycles. The second kappa shape index (κ2) is 11.3. The number of rotatable bonds is 8. The van der Waals surface area contributed by atoms with Gasteiger partial charge in [-0.15, -0.1) is 0 Å². The summed E-state index contributed by atoms with van der Waals surface area (Å²) in [5.41, 5.74) is 3.27. The van der Waals surface area contributed by atoms with Gasteiger partial charge in [-0.05, 0) is 60.2 Å². The molecule has 7 nitrogen and oxygen atoms in total. The van der Waals surface area contributed by atoms with Crippen molar-refractivity contribution >= 4 is 52.2 Å². The number of benzene rings is 3. The Kier molecular flexibility index (Phi) is 7.97. The van der Waals surface area contributed by atoms with Crippen molar-refractivity contribution in [1.82, 2.24) is 4.90 Å². The van der Waals surface area contributed by atoms with Crippen LogP contribution >= 0.6 is 23.4 Å². The first-order valence-electron chi connectivity index (χ1n) is 11.0. The van der Waals surface area contributed by atoms with E-state index in [0.29, 0.717) is 34.4 Å².